The summed E-state index contributed by atoms with van der Waals surface area (Å²) >= 11 is 0. The van der Waals surface area contributed by atoms with Gasteiger partial charge in [-0.2, -0.15) is 4.98 Å². The minimum Gasteiger partial charge on any atom is -0.508 e. The van der Waals surface area contributed by atoms with Crippen molar-refractivity contribution >= 4 is 0 Å². The zero-order chi connectivity index (χ0) is 14.0. The van der Waals surface area contributed by atoms with Gasteiger partial charge in [0, 0.05) is 6.42 Å². The molecule has 0 spiro atoms. The minimum atomic E-state index is -0.196. The van der Waals surface area contributed by atoms with Gasteiger partial charge >= 0.3 is 0 Å². The first-order valence-corrected chi connectivity index (χ1v) is 7.02. The van der Waals surface area contributed by atoms with Crippen LogP contribution in [-0.2, 0) is 12.0 Å². The molecule has 0 radical (unpaired) electrons. The lowest BCUT2D eigenvalue weighted by Gasteiger charge is -2.31. The van der Waals surface area contributed by atoms with Crippen molar-refractivity contribution < 1.29 is 9.63 Å². The first-order valence-electron chi connectivity index (χ1n) is 7.02. The molecule has 5 heteroatoms. The van der Waals surface area contributed by atoms with E-state index in [4.69, 9.17) is 4.52 Å². The summed E-state index contributed by atoms with van der Waals surface area (Å²) in [6.45, 7) is 3.11. The van der Waals surface area contributed by atoms with E-state index in [0.29, 0.717) is 18.1 Å². The van der Waals surface area contributed by atoms with E-state index < -0.39 is 0 Å². The normalized spacial score (nSPS) is 22.9. The molecule has 106 valence electrons. The van der Waals surface area contributed by atoms with E-state index in [1.165, 1.54) is 12.8 Å². The molecule has 1 aliphatic heterocycles. The summed E-state index contributed by atoms with van der Waals surface area (Å²) in [5.41, 5.74) is 0.857. The highest BCUT2D eigenvalue weighted by Crippen LogP contribution is 2.28. The van der Waals surface area contributed by atoms with Crippen molar-refractivity contribution in [3.63, 3.8) is 0 Å². The van der Waals surface area contributed by atoms with Crippen LogP contribution in [0, 0.1) is 0 Å². The minimum absolute atomic E-state index is 0.196. The molecule has 1 atom stereocenters. The van der Waals surface area contributed by atoms with E-state index in [9.17, 15) is 5.11 Å². The number of hydrogen-bond donors (Lipinski definition) is 2. The van der Waals surface area contributed by atoms with E-state index in [-0.39, 0.29) is 11.3 Å². The number of phenols is 1. The van der Waals surface area contributed by atoms with Crippen molar-refractivity contribution in [2.45, 2.75) is 38.1 Å². The van der Waals surface area contributed by atoms with Crippen LogP contribution in [-0.4, -0.2) is 21.8 Å². The molecule has 1 saturated heterocycles. The number of hydrogen-bond acceptors (Lipinski definition) is 5. The fraction of sp³-hybridized carbons (Fsp3) is 0.467. The van der Waals surface area contributed by atoms with Crippen LogP contribution in [0.15, 0.2) is 28.8 Å². The Morgan fingerprint density at radius 3 is 2.80 bits per heavy atom. The molecule has 5 nitrogen and oxygen atoms in total. The number of nitrogens with one attached hydrogen (secondary N) is 1. The molecule has 2 N–H and O–H groups in total. The standard InChI is InChI=1S/C15H19N3O2/c1-15(8-2-3-9-16-15)14-17-13(18-20-14)10-11-4-6-12(19)7-5-11/h4-7,16,19H,2-3,8-10H2,1H3. The van der Waals surface area contributed by atoms with Crippen molar-refractivity contribution in [3.05, 3.63) is 41.5 Å². The molecular weight excluding hydrogens is 254 g/mol. The molecule has 0 bridgehead atoms. The summed E-state index contributed by atoms with van der Waals surface area (Å²) in [6.07, 6.45) is 4.01. The number of piperidine rings is 1. The maximum Gasteiger partial charge on any atom is 0.246 e. The summed E-state index contributed by atoms with van der Waals surface area (Å²) in [7, 11) is 0. The van der Waals surface area contributed by atoms with Gasteiger partial charge in [0.1, 0.15) is 5.75 Å². The summed E-state index contributed by atoms with van der Waals surface area (Å²) in [6, 6.07) is 7.07. The maximum atomic E-state index is 9.27. The lowest BCUT2D eigenvalue weighted by molar-refractivity contribution is 0.206. The van der Waals surface area contributed by atoms with Crippen molar-refractivity contribution in [3.8, 4) is 5.75 Å². The largest absolute Gasteiger partial charge is 0.508 e. The Morgan fingerprint density at radius 1 is 1.30 bits per heavy atom. The third-order valence-electron chi connectivity index (χ3n) is 3.86. The molecule has 1 aliphatic rings. The van der Waals surface area contributed by atoms with Crippen LogP contribution < -0.4 is 5.32 Å². The van der Waals surface area contributed by atoms with Crippen molar-refractivity contribution in [2.24, 2.45) is 0 Å². The Kier molecular flexibility index (Phi) is 3.44. The first-order chi connectivity index (χ1) is 9.66. The topological polar surface area (TPSA) is 71.2 Å². The van der Waals surface area contributed by atoms with Crippen molar-refractivity contribution in [2.75, 3.05) is 6.54 Å². The summed E-state index contributed by atoms with van der Waals surface area (Å²) in [4.78, 5) is 4.52. The van der Waals surface area contributed by atoms with Crippen LogP contribution in [0.1, 0.15) is 43.5 Å². The smallest absolute Gasteiger partial charge is 0.246 e. The monoisotopic (exact) mass is 273 g/mol. The fourth-order valence-corrected chi connectivity index (χ4v) is 2.59. The van der Waals surface area contributed by atoms with Crippen LogP contribution in [0.5, 0.6) is 5.75 Å². The number of aromatic nitrogens is 2. The van der Waals surface area contributed by atoms with E-state index in [2.05, 4.69) is 22.4 Å². The van der Waals surface area contributed by atoms with Crippen LogP contribution in [0.4, 0.5) is 0 Å². The van der Waals surface area contributed by atoms with Crippen LogP contribution in [0.3, 0.4) is 0 Å². The maximum absolute atomic E-state index is 9.27. The Hall–Kier alpha value is -1.88. The van der Waals surface area contributed by atoms with E-state index in [1.807, 2.05) is 12.1 Å². The quantitative estimate of drug-likeness (QED) is 0.898. The average molecular weight is 273 g/mol. The van der Waals surface area contributed by atoms with E-state index >= 15 is 0 Å². The van der Waals surface area contributed by atoms with Gasteiger partial charge in [0.2, 0.25) is 5.89 Å². The predicted octanol–water partition coefficient (Wildman–Crippen LogP) is 2.35. The molecule has 1 unspecified atom stereocenters. The lowest BCUT2D eigenvalue weighted by atomic mass is 9.91. The Bertz CT molecular complexity index is 571. The molecule has 0 aliphatic carbocycles. The molecule has 2 heterocycles. The predicted molar refractivity (Wildman–Crippen MR) is 74.4 cm³/mol. The third kappa shape index (κ3) is 2.67. The summed E-state index contributed by atoms with van der Waals surface area (Å²) in [5.74, 6) is 1.62. The van der Waals surface area contributed by atoms with Gasteiger partial charge in [0.05, 0.1) is 5.54 Å². The van der Waals surface area contributed by atoms with Gasteiger partial charge in [-0.15, -0.1) is 0 Å². The van der Waals surface area contributed by atoms with Crippen LogP contribution in [0.25, 0.3) is 0 Å². The zero-order valence-corrected chi connectivity index (χ0v) is 11.6. The van der Waals surface area contributed by atoms with Gasteiger partial charge in [-0.25, -0.2) is 0 Å². The van der Waals surface area contributed by atoms with Crippen LogP contribution in [0.2, 0.25) is 0 Å². The molecule has 0 saturated carbocycles. The van der Waals surface area contributed by atoms with Gasteiger partial charge in [-0.3, -0.25) is 0 Å². The molecule has 20 heavy (non-hydrogen) atoms. The van der Waals surface area contributed by atoms with Gasteiger partial charge in [0.15, 0.2) is 5.82 Å². The molecule has 1 fully saturated rings. The zero-order valence-electron chi connectivity index (χ0n) is 11.6. The van der Waals surface area contributed by atoms with Crippen molar-refractivity contribution in [1.29, 1.82) is 0 Å². The number of nitrogens with zero attached hydrogens (tertiary/aromatic N) is 2. The summed E-state index contributed by atoms with van der Waals surface area (Å²) < 4.78 is 5.43. The second-order valence-corrected chi connectivity index (χ2v) is 5.57. The lowest BCUT2D eigenvalue weighted by Crippen LogP contribution is -2.43. The highest BCUT2D eigenvalue weighted by molar-refractivity contribution is 5.27. The fourth-order valence-electron chi connectivity index (χ4n) is 2.59. The number of benzene rings is 1. The molecule has 1 aromatic carbocycles. The van der Waals surface area contributed by atoms with Crippen LogP contribution >= 0.6 is 0 Å². The second-order valence-electron chi connectivity index (χ2n) is 5.57. The summed E-state index contributed by atoms with van der Waals surface area (Å²) in [5, 5.41) is 16.8. The second kappa shape index (κ2) is 5.25. The molecule has 2 aromatic rings. The number of phenolic OH excluding ortho intramolecular Hbond substituents is 1. The van der Waals surface area contributed by atoms with E-state index in [1.54, 1.807) is 12.1 Å². The molecule has 0 amide bonds. The van der Waals surface area contributed by atoms with Crippen molar-refractivity contribution in [1.82, 2.24) is 15.5 Å². The Balaban J connectivity index is 1.74. The number of aromatic hydroxyl groups is 1. The Morgan fingerprint density at radius 2 is 2.10 bits per heavy atom. The Labute approximate surface area is 118 Å². The average Bonchev–Trinajstić information content (AvgIpc) is 2.92. The van der Waals surface area contributed by atoms with E-state index in [0.717, 1.165) is 18.5 Å². The van der Waals surface area contributed by atoms with Gasteiger partial charge in [-0.05, 0) is 50.4 Å². The van der Waals surface area contributed by atoms with Gasteiger partial charge in [0.25, 0.3) is 0 Å². The molecule has 1 aromatic heterocycles. The number of rotatable bonds is 3. The SMILES string of the molecule is CC1(c2nc(Cc3ccc(O)cc3)no2)CCCCN1. The van der Waals surface area contributed by atoms with Gasteiger partial charge in [-0.1, -0.05) is 17.3 Å². The highest BCUT2D eigenvalue weighted by Gasteiger charge is 2.34. The third-order valence-corrected chi connectivity index (χ3v) is 3.86. The van der Waals surface area contributed by atoms with Gasteiger partial charge < -0.3 is 14.9 Å². The first kappa shape index (κ1) is 13.1. The highest BCUT2D eigenvalue weighted by atomic mass is 16.5. The molecule has 3 rings (SSSR count). The molecular formula is C15H19N3O2.